The second-order valence-corrected chi connectivity index (χ2v) is 5.98. The molecular weight excluding hydrogens is 240 g/mol. The van der Waals surface area contributed by atoms with Crippen LogP contribution in [0.4, 0.5) is 0 Å². The number of aromatic nitrogens is 4. The van der Waals surface area contributed by atoms with E-state index in [1.165, 1.54) is 0 Å². The summed E-state index contributed by atoms with van der Waals surface area (Å²) in [7, 11) is 0. The van der Waals surface area contributed by atoms with Crippen LogP contribution in [0.25, 0.3) is 11.5 Å². The molecule has 2 aromatic rings. The van der Waals surface area contributed by atoms with E-state index in [9.17, 15) is 0 Å². The topological polar surface area (TPSA) is 46.5 Å². The molecule has 0 saturated heterocycles. The van der Waals surface area contributed by atoms with Crippen LogP contribution >= 0.6 is 23.6 Å². The minimum atomic E-state index is 0.160. The standard InChI is InChI=1S/C10H14N4S2/c1-10(2,3)5-14-8(12-13-9(14)15)7-4-16-6-11-7/h4,6H,5H2,1-3H3,(H,13,15). The first kappa shape index (κ1) is 11.5. The van der Waals surface area contributed by atoms with Crippen molar-refractivity contribution in [3.63, 3.8) is 0 Å². The van der Waals surface area contributed by atoms with Gasteiger partial charge in [0.1, 0.15) is 5.69 Å². The molecule has 0 amide bonds. The van der Waals surface area contributed by atoms with E-state index in [1.807, 2.05) is 9.95 Å². The molecular formula is C10H14N4S2. The van der Waals surface area contributed by atoms with Crippen molar-refractivity contribution in [2.75, 3.05) is 0 Å². The van der Waals surface area contributed by atoms with Crippen molar-refractivity contribution in [3.8, 4) is 11.5 Å². The van der Waals surface area contributed by atoms with E-state index in [1.54, 1.807) is 16.8 Å². The smallest absolute Gasteiger partial charge is 0.195 e. The Kier molecular flexibility index (Phi) is 2.94. The first-order chi connectivity index (χ1) is 7.47. The van der Waals surface area contributed by atoms with Crippen molar-refractivity contribution in [1.29, 1.82) is 0 Å². The minimum absolute atomic E-state index is 0.160. The summed E-state index contributed by atoms with van der Waals surface area (Å²) >= 11 is 6.79. The summed E-state index contributed by atoms with van der Waals surface area (Å²) < 4.78 is 2.66. The molecule has 0 unspecified atom stereocenters. The molecule has 86 valence electrons. The lowest BCUT2D eigenvalue weighted by Crippen LogP contribution is -2.16. The van der Waals surface area contributed by atoms with Crippen LogP contribution in [0.3, 0.4) is 0 Å². The lowest BCUT2D eigenvalue weighted by atomic mass is 9.97. The van der Waals surface area contributed by atoms with Crippen molar-refractivity contribution in [2.45, 2.75) is 27.3 Å². The summed E-state index contributed by atoms with van der Waals surface area (Å²) in [6.45, 7) is 7.35. The normalized spacial score (nSPS) is 11.9. The van der Waals surface area contributed by atoms with E-state index in [4.69, 9.17) is 12.2 Å². The third-order valence-electron chi connectivity index (χ3n) is 2.05. The van der Waals surface area contributed by atoms with Crippen LogP contribution in [0.1, 0.15) is 20.8 Å². The predicted molar refractivity (Wildman–Crippen MR) is 68.0 cm³/mol. The van der Waals surface area contributed by atoms with Gasteiger partial charge in [-0.2, -0.15) is 5.10 Å². The second-order valence-electron chi connectivity index (χ2n) is 4.87. The quantitative estimate of drug-likeness (QED) is 0.838. The average molecular weight is 254 g/mol. The largest absolute Gasteiger partial charge is 0.298 e. The number of nitrogens with zero attached hydrogens (tertiary/aromatic N) is 3. The Hall–Kier alpha value is -1.01. The zero-order chi connectivity index (χ0) is 11.8. The maximum atomic E-state index is 5.24. The molecule has 2 heterocycles. The van der Waals surface area contributed by atoms with Gasteiger partial charge in [0, 0.05) is 11.9 Å². The Labute approximate surface area is 103 Å². The number of aromatic amines is 1. The lowest BCUT2D eigenvalue weighted by Gasteiger charge is -2.19. The van der Waals surface area contributed by atoms with Crippen molar-refractivity contribution >= 4 is 23.6 Å². The van der Waals surface area contributed by atoms with Gasteiger partial charge in [0.2, 0.25) is 0 Å². The Balaban J connectivity index is 2.45. The van der Waals surface area contributed by atoms with Gasteiger partial charge in [-0.15, -0.1) is 11.3 Å². The molecule has 0 aliphatic rings. The highest BCUT2D eigenvalue weighted by Crippen LogP contribution is 2.22. The maximum Gasteiger partial charge on any atom is 0.195 e. The summed E-state index contributed by atoms with van der Waals surface area (Å²) in [5.41, 5.74) is 2.84. The molecule has 0 aliphatic carbocycles. The molecule has 0 saturated carbocycles. The van der Waals surface area contributed by atoms with Gasteiger partial charge in [-0.3, -0.25) is 9.67 Å². The summed E-state index contributed by atoms with van der Waals surface area (Å²) in [5.74, 6) is 0.821. The molecule has 0 spiro atoms. The van der Waals surface area contributed by atoms with E-state index < -0.39 is 0 Å². The molecule has 0 aromatic carbocycles. The Morgan fingerprint density at radius 1 is 1.50 bits per heavy atom. The Morgan fingerprint density at radius 2 is 2.25 bits per heavy atom. The number of rotatable bonds is 2. The minimum Gasteiger partial charge on any atom is -0.298 e. The van der Waals surface area contributed by atoms with Crippen LogP contribution in [0, 0.1) is 10.2 Å². The first-order valence-electron chi connectivity index (χ1n) is 5.01. The van der Waals surface area contributed by atoms with Crippen molar-refractivity contribution in [1.82, 2.24) is 19.7 Å². The fraction of sp³-hybridized carbons (Fsp3) is 0.500. The molecule has 6 heteroatoms. The Morgan fingerprint density at radius 3 is 2.81 bits per heavy atom. The zero-order valence-corrected chi connectivity index (χ0v) is 11.2. The van der Waals surface area contributed by atoms with Gasteiger partial charge in [0.05, 0.1) is 5.51 Å². The number of thiazole rings is 1. The van der Waals surface area contributed by atoms with Crippen LogP contribution < -0.4 is 0 Å². The van der Waals surface area contributed by atoms with Gasteiger partial charge in [-0.05, 0) is 17.6 Å². The molecule has 0 bridgehead atoms. The van der Waals surface area contributed by atoms with Gasteiger partial charge < -0.3 is 0 Å². The summed E-state index contributed by atoms with van der Waals surface area (Å²) in [6.07, 6.45) is 0. The fourth-order valence-electron chi connectivity index (χ4n) is 1.46. The van der Waals surface area contributed by atoms with Crippen molar-refractivity contribution in [3.05, 3.63) is 15.7 Å². The number of hydrogen-bond acceptors (Lipinski definition) is 4. The van der Waals surface area contributed by atoms with Gasteiger partial charge >= 0.3 is 0 Å². The maximum absolute atomic E-state index is 5.24. The van der Waals surface area contributed by atoms with E-state index in [0.29, 0.717) is 4.77 Å². The number of H-pyrrole nitrogens is 1. The monoisotopic (exact) mass is 254 g/mol. The summed E-state index contributed by atoms with van der Waals surface area (Å²) in [6, 6.07) is 0. The van der Waals surface area contributed by atoms with E-state index in [0.717, 1.165) is 18.1 Å². The van der Waals surface area contributed by atoms with Crippen LogP contribution in [0.5, 0.6) is 0 Å². The SMILES string of the molecule is CC(C)(C)Cn1c(-c2cscn2)n[nH]c1=S. The number of hydrogen-bond donors (Lipinski definition) is 1. The molecule has 2 aromatic heterocycles. The molecule has 4 nitrogen and oxygen atoms in total. The third kappa shape index (κ3) is 2.38. The highest BCUT2D eigenvalue weighted by atomic mass is 32.1. The molecule has 0 fully saturated rings. The highest BCUT2D eigenvalue weighted by Gasteiger charge is 2.17. The van der Waals surface area contributed by atoms with E-state index in [-0.39, 0.29) is 5.41 Å². The zero-order valence-electron chi connectivity index (χ0n) is 9.52. The van der Waals surface area contributed by atoms with Crippen molar-refractivity contribution in [2.24, 2.45) is 5.41 Å². The molecule has 16 heavy (non-hydrogen) atoms. The fourth-order valence-corrected chi connectivity index (χ4v) is 2.18. The van der Waals surface area contributed by atoms with E-state index >= 15 is 0 Å². The highest BCUT2D eigenvalue weighted by molar-refractivity contribution is 7.71. The van der Waals surface area contributed by atoms with Crippen LogP contribution in [-0.4, -0.2) is 19.7 Å². The summed E-state index contributed by atoms with van der Waals surface area (Å²) in [5, 5.41) is 9.04. The van der Waals surface area contributed by atoms with Crippen molar-refractivity contribution < 1.29 is 0 Å². The lowest BCUT2D eigenvalue weighted by molar-refractivity contribution is 0.343. The van der Waals surface area contributed by atoms with Gasteiger partial charge in [0.25, 0.3) is 0 Å². The summed E-state index contributed by atoms with van der Waals surface area (Å²) in [4.78, 5) is 4.26. The van der Waals surface area contributed by atoms with Crippen LogP contribution in [-0.2, 0) is 6.54 Å². The van der Waals surface area contributed by atoms with E-state index in [2.05, 4.69) is 36.0 Å². The number of nitrogens with one attached hydrogen (secondary N) is 1. The van der Waals surface area contributed by atoms with Gasteiger partial charge in [-0.25, -0.2) is 4.98 Å². The van der Waals surface area contributed by atoms with Crippen LogP contribution in [0.2, 0.25) is 0 Å². The second kappa shape index (κ2) is 4.10. The average Bonchev–Trinajstić information content (AvgIpc) is 2.75. The molecule has 0 radical (unpaired) electrons. The van der Waals surface area contributed by atoms with Crippen LogP contribution in [0.15, 0.2) is 10.9 Å². The third-order valence-corrected chi connectivity index (χ3v) is 2.95. The molecule has 0 aliphatic heterocycles. The van der Waals surface area contributed by atoms with Gasteiger partial charge in [0.15, 0.2) is 10.6 Å². The molecule has 2 rings (SSSR count). The molecule has 1 N–H and O–H groups in total. The van der Waals surface area contributed by atoms with Gasteiger partial charge in [-0.1, -0.05) is 20.8 Å². The first-order valence-corrected chi connectivity index (χ1v) is 6.36. The Bertz CT molecular complexity index is 516. The molecule has 0 atom stereocenters. The predicted octanol–water partition coefficient (Wildman–Crippen LogP) is 3.11.